The molecule has 0 saturated carbocycles. The van der Waals surface area contributed by atoms with Crippen LogP contribution in [0.3, 0.4) is 0 Å². The van der Waals surface area contributed by atoms with E-state index in [4.69, 9.17) is 10.5 Å². The van der Waals surface area contributed by atoms with Crippen molar-refractivity contribution in [1.29, 1.82) is 0 Å². The topological polar surface area (TPSA) is 89.3 Å². The summed E-state index contributed by atoms with van der Waals surface area (Å²) < 4.78 is 5.17. The van der Waals surface area contributed by atoms with Crippen LogP contribution in [0.1, 0.15) is 27.2 Å². The molecule has 0 radical (unpaired) electrons. The summed E-state index contributed by atoms with van der Waals surface area (Å²) in [7, 11) is 0. The summed E-state index contributed by atoms with van der Waals surface area (Å²) in [6.45, 7) is 6.76. The van der Waals surface area contributed by atoms with Gasteiger partial charge in [-0.15, -0.1) is 0 Å². The van der Waals surface area contributed by atoms with Crippen molar-refractivity contribution in [3.05, 3.63) is 30.5 Å². The number of alkyl carbamates (subject to hydrolysis) is 1. The zero-order chi connectivity index (χ0) is 16.9. The lowest BCUT2D eigenvalue weighted by Gasteiger charge is -2.19. The molecule has 124 valence electrons. The fourth-order valence-electron chi connectivity index (χ4n) is 2.15. The standard InChI is InChI=1S/C17H24N4O2/c1-17(2,3)23-16(22)21-11-5-10-20-14-8-7-13-12(15(14)18)6-4-9-19-13/h4,6-9,20H,5,10-11,18H2,1-3H3,(H,21,22). The quantitative estimate of drug-likeness (QED) is 0.582. The van der Waals surface area contributed by atoms with Crippen molar-refractivity contribution >= 4 is 28.4 Å². The van der Waals surface area contributed by atoms with E-state index in [1.165, 1.54) is 0 Å². The van der Waals surface area contributed by atoms with Crippen molar-refractivity contribution in [3.8, 4) is 0 Å². The molecular formula is C17H24N4O2. The third kappa shape index (κ3) is 5.02. The summed E-state index contributed by atoms with van der Waals surface area (Å²) in [5.74, 6) is 0. The van der Waals surface area contributed by atoms with Gasteiger partial charge >= 0.3 is 6.09 Å². The largest absolute Gasteiger partial charge is 0.444 e. The van der Waals surface area contributed by atoms with Crippen LogP contribution in [0.2, 0.25) is 0 Å². The molecule has 4 N–H and O–H groups in total. The highest BCUT2D eigenvalue weighted by molar-refractivity contribution is 5.96. The Bertz CT molecular complexity index is 680. The molecule has 23 heavy (non-hydrogen) atoms. The van der Waals surface area contributed by atoms with Crippen molar-refractivity contribution in [2.45, 2.75) is 32.8 Å². The van der Waals surface area contributed by atoms with Crippen LogP contribution in [0.5, 0.6) is 0 Å². The van der Waals surface area contributed by atoms with E-state index in [1.54, 1.807) is 6.20 Å². The van der Waals surface area contributed by atoms with Gasteiger partial charge in [0.25, 0.3) is 0 Å². The van der Waals surface area contributed by atoms with E-state index in [2.05, 4.69) is 15.6 Å². The number of aromatic nitrogens is 1. The Labute approximate surface area is 136 Å². The number of amides is 1. The number of pyridine rings is 1. The number of rotatable bonds is 5. The number of carbonyl (C=O) groups is 1. The second-order valence-electron chi connectivity index (χ2n) is 6.31. The number of hydrogen-bond donors (Lipinski definition) is 3. The minimum atomic E-state index is -0.476. The number of nitrogens with two attached hydrogens (primary N) is 1. The Morgan fingerprint density at radius 3 is 2.78 bits per heavy atom. The van der Waals surface area contributed by atoms with Gasteiger partial charge in [-0.3, -0.25) is 4.98 Å². The summed E-state index contributed by atoms with van der Waals surface area (Å²) in [4.78, 5) is 15.8. The third-order valence-corrected chi connectivity index (χ3v) is 3.16. The third-order valence-electron chi connectivity index (χ3n) is 3.16. The van der Waals surface area contributed by atoms with Crippen molar-refractivity contribution < 1.29 is 9.53 Å². The highest BCUT2D eigenvalue weighted by Gasteiger charge is 2.15. The SMILES string of the molecule is CC(C)(C)OC(=O)NCCCNc1ccc2ncccc2c1N. The highest BCUT2D eigenvalue weighted by atomic mass is 16.6. The smallest absolute Gasteiger partial charge is 0.407 e. The molecule has 2 aromatic rings. The van der Waals surface area contributed by atoms with E-state index in [0.717, 1.165) is 23.0 Å². The summed E-state index contributed by atoms with van der Waals surface area (Å²) >= 11 is 0. The molecule has 0 saturated heterocycles. The molecule has 1 heterocycles. The number of nitrogen functional groups attached to an aromatic ring is 1. The Hall–Kier alpha value is -2.50. The number of carbonyl (C=O) groups excluding carboxylic acids is 1. The van der Waals surface area contributed by atoms with Gasteiger partial charge < -0.3 is 21.1 Å². The Morgan fingerprint density at radius 2 is 2.04 bits per heavy atom. The van der Waals surface area contributed by atoms with Gasteiger partial charge in [0, 0.05) is 24.7 Å². The maximum Gasteiger partial charge on any atom is 0.407 e. The highest BCUT2D eigenvalue weighted by Crippen LogP contribution is 2.27. The second-order valence-corrected chi connectivity index (χ2v) is 6.31. The average molecular weight is 316 g/mol. The molecular weight excluding hydrogens is 292 g/mol. The molecule has 0 bridgehead atoms. The van der Waals surface area contributed by atoms with E-state index in [-0.39, 0.29) is 0 Å². The van der Waals surface area contributed by atoms with Crippen LogP contribution in [0.15, 0.2) is 30.5 Å². The lowest BCUT2D eigenvalue weighted by molar-refractivity contribution is 0.0528. The predicted octanol–water partition coefficient (Wildman–Crippen LogP) is 3.14. The molecule has 0 spiro atoms. The fourth-order valence-corrected chi connectivity index (χ4v) is 2.15. The van der Waals surface area contributed by atoms with Gasteiger partial charge in [0.15, 0.2) is 0 Å². The molecule has 6 nitrogen and oxygen atoms in total. The van der Waals surface area contributed by atoms with Gasteiger partial charge in [-0.25, -0.2) is 4.79 Å². The molecule has 2 rings (SSSR count). The summed E-state index contributed by atoms with van der Waals surface area (Å²) in [6, 6.07) is 7.68. The zero-order valence-electron chi connectivity index (χ0n) is 13.8. The summed E-state index contributed by atoms with van der Waals surface area (Å²) in [5.41, 5.74) is 8.13. The predicted molar refractivity (Wildman–Crippen MR) is 93.5 cm³/mol. The summed E-state index contributed by atoms with van der Waals surface area (Å²) in [5, 5.41) is 6.94. The van der Waals surface area contributed by atoms with Gasteiger partial charge in [-0.05, 0) is 51.5 Å². The molecule has 0 unspecified atom stereocenters. The Kier molecular flexibility index (Phi) is 5.26. The Balaban J connectivity index is 1.79. The van der Waals surface area contributed by atoms with Crippen molar-refractivity contribution in [3.63, 3.8) is 0 Å². The van der Waals surface area contributed by atoms with Crippen LogP contribution in [0, 0.1) is 0 Å². The van der Waals surface area contributed by atoms with E-state index in [0.29, 0.717) is 18.8 Å². The average Bonchev–Trinajstić information content (AvgIpc) is 2.47. The molecule has 1 aromatic heterocycles. The second kappa shape index (κ2) is 7.17. The van der Waals surface area contributed by atoms with Gasteiger partial charge in [0.1, 0.15) is 5.60 Å². The number of anilines is 2. The molecule has 0 aliphatic heterocycles. The first-order chi connectivity index (χ1) is 10.9. The van der Waals surface area contributed by atoms with E-state index >= 15 is 0 Å². The minimum Gasteiger partial charge on any atom is -0.444 e. The number of ether oxygens (including phenoxy) is 1. The maximum atomic E-state index is 11.5. The maximum absolute atomic E-state index is 11.5. The monoisotopic (exact) mass is 316 g/mol. The molecule has 0 aliphatic carbocycles. The van der Waals surface area contributed by atoms with Gasteiger partial charge in [-0.2, -0.15) is 0 Å². The van der Waals surface area contributed by atoms with Crippen LogP contribution in [-0.2, 0) is 4.74 Å². The van der Waals surface area contributed by atoms with Crippen LogP contribution in [0.25, 0.3) is 10.9 Å². The van der Waals surface area contributed by atoms with Crippen LogP contribution in [-0.4, -0.2) is 29.8 Å². The molecule has 1 aromatic carbocycles. The molecule has 6 heteroatoms. The lowest BCUT2D eigenvalue weighted by Crippen LogP contribution is -2.33. The van der Waals surface area contributed by atoms with Gasteiger partial charge in [0.05, 0.1) is 16.9 Å². The number of hydrogen-bond acceptors (Lipinski definition) is 5. The van der Waals surface area contributed by atoms with Gasteiger partial charge in [-0.1, -0.05) is 0 Å². The zero-order valence-corrected chi connectivity index (χ0v) is 13.8. The number of fused-ring (bicyclic) bond motifs is 1. The molecule has 0 atom stereocenters. The first-order valence-corrected chi connectivity index (χ1v) is 7.71. The van der Waals surface area contributed by atoms with Crippen molar-refractivity contribution in [2.75, 3.05) is 24.1 Å². The van der Waals surface area contributed by atoms with Gasteiger partial charge in [0.2, 0.25) is 0 Å². The Morgan fingerprint density at radius 1 is 1.26 bits per heavy atom. The van der Waals surface area contributed by atoms with Crippen LogP contribution >= 0.6 is 0 Å². The van der Waals surface area contributed by atoms with E-state index in [1.807, 2.05) is 45.0 Å². The van der Waals surface area contributed by atoms with E-state index < -0.39 is 11.7 Å². The minimum absolute atomic E-state index is 0.395. The van der Waals surface area contributed by atoms with E-state index in [9.17, 15) is 4.79 Å². The van der Waals surface area contributed by atoms with Crippen LogP contribution in [0.4, 0.5) is 16.2 Å². The first-order valence-electron chi connectivity index (χ1n) is 7.71. The lowest BCUT2D eigenvalue weighted by atomic mass is 10.1. The number of nitrogens with one attached hydrogen (secondary N) is 2. The normalized spacial score (nSPS) is 11.3. The molecule has 1 amide bonds. The molecule has 0 aliphatic rings. The van der Waals surface area contributed by atoms with Crippen molar-refractivity contribution in [1.82, 2.24) is 10.3 Å². The van der Waals surface area contributed by atoms with Crippen molar-refractivity contribution in [2.24, 2.45) is 0 Å². The number of nitrogens with zero attached hydrogens (tertiary/aromatic N) is 1. The molecule has 0 fully saturated rings. The fraction of sp³-hybridized carbons (Fsp3) is 0.412. The first kappa shape index (κ1) is 16.9. The number of benzene rings is 1. The van der Waals surface area contributed by atoms with Crippen LogP contribution < -0.4 is 16.4 Å². The summed E-state index contributed by atoms with van der Waals surface area (Å²) in [6.07, 6.45) is 2.12.